The first-order chi connectivity index (χ1) is 8.69. The molecule has 0 bridgehead atoms. The van der Waals surface area contributed by atoms with Crippen molar-refractivity contribution in [2.45, 2.75) is 12.5 Å². The molecule has 1 aromatic rings. The predicted molar refractivity (Wildman–Crippen MR) is 74.0 cm³/mol. The van der Waals surface area contributed by atoms with Gasteiger partial charge in [0.15, 0.2) is 0 Å². The second-order valence-corrected chi connectivity index (χ2v) is 4.08. The summed E-state index contributed by atoms with van der Waals surface area (Å²) in [5.41, 5.74) is 0.986. The zero-order valence-electron chi connectivity index (χ0n) is 9.91. The Balaban J connectivity index is 2.63. The maximum atomic E-state index is 11.6. The van der Waals surface area contributed by atoms with Crippen LogP contribution in [0.25, 0.3) is 0 Å². The number of rotatable bonds is 5. The maximum Gasteiger partial charge on any atom is 0.328 e. The van der Waals surface area contributed by atoms with Gasteiger partial charge in [0.2, 0.25) is 0 Å². The first-order valence-electron chi connectivity index (χ1n) is 5.49. The highest BCUT2D eigenvalue weighted by Gasteiger charge is 2.20. The minimum atomic E-state index is -0.611. The number of nitriles is 1. The average Bonchev–Trinajstić information content (AvgIpc) is 2.42. The molecule has 0 radical (unpaired) electrons. The Morgan fingerprint density at radius 2 is 2.22 bits per heavy atom. The standard InChI is InChI=1S/C13H15N3OS/c1-2-8-15-13(17)16(18)12(10-14)9-11-6-4-3-5-7-11/h2-7,12,18H,1,8-9H2,(H,15,17). The number of hydrogen-bond acceptors (Lipinski definition) is 3. The molecule has 0 spiro atoms. The molecule has 0 fully saturated rings. The van der Waals surface area contributed by atoms with Crippen molar-refractivity contribution in [1.29, 1.82) is 5.26 Å². The van der Waals surface area contributed by atoms with E-state index in [0.717, 1.165) is 9.87 Å². The number of benzene rings is 1. The maximum absolute atomic E-state index is 11.6. The minimum Gasteiger partial charge on any atom is -0.334 e. The lowest BCUT2D eigenvalue weighted by Crippen LogP contribution is -2.40. The highest BCUT2D eigenvalue weighted by molar-refractivity contribution is 7.78. The molecule has 1 N–H and O–H groups in total. The van der Waals surface area contributed by atoms with E-state index in [1.807, 2.05) is 30.3 Å². The molecule has 1 unspecified atom stereocenters. The van der Waals surface area contributed by atoms with Gasteiger partial charge in [-0.2, -0.15) is 5.26 Å². The summed E-state index contributed by atoms with van der Waals surface area (Å²) >= 11 is 4.07. The van der Waals surface area contributed by atoms with Crippen molar-refractivity contribution in [1.82, 2.24) is 9.62 Å². The molecule has 1 atom stereocenters. The third-order valence-corrected chi connectivity index (χ3v) is 2.78. The molecule has 94 valence electrons. The molecule has 0 heterocycles. The van der Waals surface area contributed by atoms with Gasteiger partial charge in [-0.05, 0) is 5.56 Å². The van der Waals surface area contributed by atoms with E-state index >= 15 is 0 Å². The first-order valence-corrected chi connectivity index (χ1v) is 5.89. The van der Waals surface area contributed by atoms with Crippen molar-refractivity contribution in [3.05, 3.63) is 48.6 Å². The second-order valence-electron chi connectivity index (χ2n) is 3.65. The third-order valence-electron chi connectivity index (χ3n) is 2.32. The molecular formula is C13H15N3OS. The Morgan fingerprint density at radius 3 is 2.78 bits per heavy atom. The Hall–Kier alpha value is -1.93. The van der Waals surface area contributed by atoms with Crippen LogP contribution >= 0.6 is 12.8 Å². The third kappa shape index (κ3) is 4.15. The van der Waals surface area contributed by atoms with Gasteiger partial charge in [-0.15, -0.1) is 6.58 Å². The molecule has 1 aromatic carbocycles. The fraction of sp³-hybridized carbons (Fsp3) is 0.231. The summed E-state index contributed by atoms with van der Waals surface area (Å²) in [6.45, 7) is 3.85. The van der Waals surface area contributed by atoms with Gasteiger partial charge in [-0.1, -0.05) is 49.2 Å². The molecule has 1 rings (SSSR count). The molecule has 0 aromatic heterocycles. The Labute approximate surface area is 112 Å². The molecule has 0 saturated heterocycles. The molecular weight excluding hydrogens is 246 g/mol. The van der Waals surface area contributed by atoms with Crippen LogP contribution in [-0.4, -0.2) is 22.9 Å². The van der Waals surface area contributed by atoms with Crippen LogP contribution in [-0.2, 0) is 6.42 Å². The molecule has 0 aliphatic rings. The topological polar surface area (TPSA) is 56.1 Å². The zero-order valence-corrected chi connectivity index (χ0v) is 10.8. The summed E-state index contributed by atoms with van der Waals surface area (Å²) < 4.78 is 1.11. The van der Waals surface area contributed by atoms with Crippen LogP contribution in [0.4, 0.5) is 4.79 Å². The fourth-order valence-corrected chi connectivity index (χ4v) is 1.61. The van der Waals surface area contributed by atoms with Gasteiger partial charge in [0, 0.05) is 13.0 Å². The highest BCUT2D eigenvalue weighted by Crippen LogP contribution is 2.10. The van der Waals surface area contributed by atoms with Gasteiger partial charge >= 0.3 is 6.03 Å². The van der Waals surface area contributed by atoms with Crippen LogP contribution in [0.2, 0.25) is 0 Å². The van der Waals surface area contributed by atoms with Crippen molar-refractivity contribution in [3.63, 3.8) is 0 Å². The smallest absolute Gasteiger partial charge is 0.328 e. The Kier molecular flexibility index (Phi) is 5.81. The number of hydrogen-bond donors (Lipinski definition) is 2. The van der Waals surface area contributed by atoms with Gasteiger partial charge in [0.1, 0.15) is 6.04 Å². The van der Waals surface area contributed by atoms with Crippen molar-refractivity contribution >= 4 is 18.8 Å². The molecule has 0 aliphatic heterocycles. The molecule has 18 heavy (non-hydrogen) atoms. The Morgan fingerprint density at radius 1 is 1.56 bits per heavy atom. The van der Waals surface area contributed by atoms with E-state index in [-0.39, 0.29) is 0 Å². The van der Waals surface area contributed by atoms with Crippen LogP contribution in [0.1, 0.15) is 5.56 Å². The fourth-order valence-electron chi connectivity index (χ4n) is 1.41. The summed E-state index contributed by atoms with van der Waals surface area (Å²) in [7, 11) is 0. The largest absolute Gasteiger partial charge is 0.334 e. The molecule has 5 heteroatoms. The van der Waals surface area contributed by atoms with Gasteiger partial charge in [-0.25, -0.2) is 4.79 Å². The van der Waals surface area contributed by atoms with Gasteiger partial charge < -0.3 is 5.32 Å². The van der Waals surface area contributed by atoms with Gasteiger partial charge in [0.05, 0.1) is 6.07 Å². The van der Waals surface area contributed by atoms with E-state index < -0.39 is 12.1 Å². The molecule has 0 saturated carbocycles. The SMILES string of the molecule is C=CCNC(=O)N(S)C(C#N)Cc1ccccc1. The summed E-state index contributed by atoms with van der Waals surface area (Å²) in [5.74, 6) is 0. The second kappa shape index (κ2) is 7.41. The number of carbonyl (C=O) groups excluding carboxylic acids is 1. The number of nitrogens with one attached hydrogen (secondary N) is 1. The number of carbonyl (C=O) groups is 1. The van der Waals surface area contributed by atoms with Crippen molar-refractivity contribution in [2.75, 3.05) is 6.54 Å². The first kappa shape index (κ1) is 14.1. The molecule has 0 aliphatic carbocycles. The predicted octanol–water partition coefficient (Wildman–Crippen LogP) is 2.16. The molecule has 4 nitrogen and oxygen atoms in total. The summed E-state index contributed by atoms with van der Waals surface area (Å²) in [4.78, 5) is 11.6. The Bertz CT molecular complexity index is 441. The number of amides is 2. The van der Waals surface area contributed by atoms with Crippen LogP contribution in [0.3, 0.4) is 0 Å². The number of urea groups is 1. The van der Waals surface area contributed by atoms with Crippen LogP contribution in [0.5, 0.6) is 0 Å². The highest BCUT2D eigenvalue weighted by atomic mass is 32.1. The van der Waals surface area contributed by atoms with Crippen LogP contribution in [0, 0.1) is 11.3 Å². The van der Waals surface area contributed by atoms with E-state index in [2.05, 4.69) is 30.8 Å². The lowest BCUT2D eigenvalue weighted by molar-refractivity contribution is 0.223. The summed E-state index contributed by atoms with van der Waals surface area (Å²) in [5, 5.41) is 11.7. The van der Waals surface area contributed by atoms with Gasteiger partial charge in [0.25, 0.3) is 0 Å². The lowest BCUT2D eigenvalue weighted by Gasteiger charge is -2.21. The normalized spacial score (nSPS) is 11.1. The number of thiol groups is 1. The quantitative estimate of drug-likeness (QED) is 0.630. The van der Waals surface area contributed by atoms with Crippen molar-refractivity contribution < 1.29 is 4.79 Å². The van der Waals surface area contributed by atoms with E-state index in [1.165, 1.54) is 0 Å². The van der Waals surface area contributed by atoms with E-state index in [1.54, 1.807) is 6.08 Å². The van der Waals surface area contributed by atoms with Gasteiger partial charge in [-0.3, -0.25) is 4.31 Å². The van der Waals surface area contributed by atoms with Crippen LogP contribution in [0.15, 0.2) is 43.0 Å². The number of nitrogens with zero attached hydrogens (tertiary/aromatic N) is 2. The minimum absolute atomic E-state index is 0.347. The van der Waals surface area contributed by atoms with Crippen LogP contribution < -0.4 is 5.32 Å². The summed E-state index contributed by atoms with van der Waals surface area (Å²) in [6, 6.07) is 10.6. The van der Waals surface area contributed by atoms with Crippen molar-refractivity contribution in [2.24, 2.45) is 0 Å². The molecule has 2 amide bonds. The van der Waals surface area contributed by atoms with E-state index in [4.69, 9.17) is 5.26 Å². The zero-order chi connectivity index (χ0) is 13.4. The monoisotopic (exact) mass is 261 g/mol. The summed E-state index contributed by atoms with van der Waals surface area (Å²) in [6.07, 6.45) is 2.01. The van der Waals surface area contributed by atoms with E-state index in [9.17, 15) is 4.79 Å². The lowest BCUT2D eigenvalue weighted by atomic mass is 10.1. The average molecular weight is 261 g/mol. The van der Waals surface area contributed by atoms with Crippen molar-refractivity contribution in [3.8, 4) is 6.07 Å². The van der Waals surface area contributed by atoms with E-state index in [0.29, 0.717) is 13.0 Å².